The van der Waals surface area contributed by atoms with Crippen LogP contribution in [-0.4, -0.2) is 23.2 Å². The molecule has 0 aliphatic rings. The highest BCUT2D eigenvalue weighted by Gasteiger charge is 2.05. The molecule has 0 saturated heterocycles. The maximum Gasteiger partial charge on any atom is 0.225 e. The van der Waals surface area contributed by atoms with E-state index in [1.807, 2.05) is 23.6 Å². The lowest BCUT2D eigenvalue weighted by molar-refractivity contribution is 0.213. The number of nitrogens with zero attached hydrogens (tertiary/aromatic N) is 2. The first kappa shape index (κ1) is 13.1. The Bertz CT molecular complexity index is 700. The van der Waals surface area contributed by atoms with E-state index >= 15 is 0 Å². The Hall–Kier alpha value is -1.85. The zero-order chi connectivity index (χ0) is 13.8. The van der Waals surface area contributed by atoms with Crippen molar-refractivity contribution in [3.05, 3.63) is 47.1 Å². The molecule has 2 aromatic heterocycles. The highest BCUT2D eigenvalue weighted by Crippen LogP contribution is 2.25. The monoisotopic (exact) mass is 306 g/mol. The van der Waals surface area contributed by atoms with Crippen LogP contribution in [0.15, 0.2) is 42.0 Å². The van der Waals surface area contributed by atoms with Crippen LogP contribution in [0.4, 0.5) is 0 Å². The number of benzene rings is 1. The molecule has 3 aromatic rings. The van der Waals surface area contributed by atoms with E-state index in [1.54, 1.807) is 23.5 Å². The SMILES string of the molecule is Clc1ccc(OCCOc2ncnc3sccc23)cc1. The summed E-state index contributed by atoms with van der Waals surface area (Å²) in [5.74, 6) is 1.36. The van der Waals surface area contributed by atoms with Crippen molar-refractivity contribution in [1.82, 2.24) is 9.97 Å². The minimum Gasteiger partial charge on any atom is -0.490 e. The second kappa shape index (κ2) is 6.07. The third kappa shape index (κ3) is 3.00. The minimum absolute atomic E-state index is 0.421. The van der Waals surface area contributed by atoms with E-state index < -0.39 is 0 Å². The molecule has 6 heteroatoms. The van der Waals surface area contributed by atoms with Crippen LogP contribution in [0.2, 0.25) is 5.02 Å². The number of halogens is 1. The van der Waals surface area contributed by atoms with E-state index in [-0.39, 0.29) is 0 Å². The summed E-state index contributed by atoms with van der Waals surface area (Å²) in [6.07, 6.45) is 1.51. The number of hydrogen-bond donors (Lipinski definition) is 0. The van der Waals surface area contributed by atoms with Gasteiger partial charge in [0.05, 0.1) is 5.39 Å². The number of ether oxygens (including phenoxy) is 2. The Balaban J connectivity index is 1.55. The Labute approximate surface area is 125 Å². The van der Waals surface area contributed by atoms with Gasteiger partial charge in [-0.2, -0.15) is 0 Å². The van der Waals surface area contributed by atoms with Crippen molar-refractivity contribution in [1.29, 1.82) is 0 Å². The van der Waals surface area contributed by atoms with Gasteiger partial charge in [0.2, 0.25) is 5.88 Å². The van der Waals surface area contributed by atoms with Gasteiger partial charge in [-0.05, 0) is 35.7 Å². The van der Waals surface area contributed by atoms with Crippen LogP contribution < -0.4 is 9.47 Å². The van der Waals surface area contributed by atoms with Crippen LogP contribution in [0.5, 0.6) is 11.6 Å². The summed E-state index contributed by atoms with van der Waals surface area (Å²) in [7, 11) is 0. The molecule has 0 aliphatic heterocycles. The fourth-order valence-electron chi connectivity index (χ4n) is 1.71. The van der Waals surface area contributed by atoms with Gasteiger partial charge in [0, 0.05) is 5.02 Å². The highest BCUT2D eigenvalue weighted by molar-refractivity contribution is 7.16. The largest absolute Gasteiger partial charge is 0.490 e. The third-order valence-electron chi connectivity index (χ3n) is 2.63. The van der Waals surface area contributed by atoms with Crippen molar-refractivity contribution in [2.24, 2.45) is 0 Å². The predicted molar refractivity (Wildman–Crippen MR) is 79.9 cm³/mol. The van der Waals surface area contributed by atoms with Crippen LogP contribution in [-0.2, 0) is 0 Å². The van der Waals surface area contributed by atoms with Crippen molar-refractivity contribution in [3.63, 3.8) is 0 Å². The molecule has 0 aliphatic carbocycles. The fourth-order valence-corrected chi connectivity index (χ4v) is 2.56. The lowest BCUT2D eigenvalue weighted by atomic mass is 10.3. The molecule has 4 nitrogen and oxygen atoms in total. The average Bonchev–Trinajstić information content (AvgIpc) is 2.94. The van der Waals surface area contributed by atoms with Crippen LogP contribution in [0.1, 0.15) is 0 Å². The Morgan fingerprint density at radius 2 is 1.80 bits per heavy atom. The van der Waals surface area contributed by atoms with E-state index in [1.165, 1.54) is 6.33 Å². The number of rotatable bonds is 5. The van der Waals surface area contributed by atoms with Gasteiger partial charge >= 0.3 is 0 Å². The maximum absolute atomic E-state index is 5.80. The zero-order valence-electron chi connectivity index (χ0n) is 10.5. The van der Waals surface area contributed by atoms with E-state index in [0.29, 0.717) is 24.1 Å². The minimum atomic E-state index is 0.421. The Morgan fingerprint density at radius 3 is 2.65 bits per heavy atom. The molecule has 0 amide bonds. The molecule has 0 saturated carbocycles. The van der Waals surface area contributed by atoms with E-state index in [2.05, 4.69) is 9.97 Å². The Morgan fingerprint density at radius 1 is 1.00 bits per heavy atom. The van der Waals surface area contributed by atoms with Gasteiger partial charge in [0.15, 0.2) is 0 Å². The van der Waals surface area contributed by atoms with Crippen molar-refractivity contribution in [3.8, 4) is 11.6 Å². The predicted octanol–water partition coefficient (Wildman–Crippen LogP) is 3.80. The topological polar surface area (TPSA) is 44.2 Å². The summed E-state index contributed by atoms with van der Waals surface area (Å²) in [6.45, 7) is 0.863. The summed E-state index contributed by atoms with van der Waals surface area (Å²) < 4.78 is 11.2. The fraction of sp³-hybridized carbons (Fsp3) is 0.143. The lowest BCUT2D eigenvalue weighted by Crippen LogP contribution is -2.09. The molecular weight excluding hydrogens is 296 g/mol. The molecule has 102 valence electrons. The molecule has 0 fully saturated rings. The average molecular weight is 307 g/mol. The second-order valence-electron chi connectivity index (χ2n) is 3.97. The smallest absolute Gasteiger partial charge is 0.225 e. The molecule has 1 aromatic carbocycles. The summed E-state index contributed by atoms with van der Waals surface area (Å²) in [4.78, 5) is 9.23. The molecule has 0 spiro atoms. The first-order chi connectivity index (χ1) is 9.83. The van der Waals surface area contributed by atoms with Crippen LogP contribution in [0, 0.1) is 0 Å². The van der Waals surface area contributed by atoms with E-state index in [4.69, 9.17) is 21.1 Å². The van der Waals surface area contributed by atoms with E-state index in [9.17, 15) is 0 Å². The summed E-state index contributed by atoms with van der Waals surface area (Å²) in [5, 5.41) is 3.59. The normalized spacial score (nSPS) is 10.7. The summed E-state index contributed by atoms with van der Waals surface area (Å²) in [5.41, 5.74) is 0. The molecule has 2 heterocycles. The van der Waals surface area contributed by atoms with Gasteiger partial charge in [-0.3, -0.25) is 0 Å². The molecule has 0 N–H and O–H groups in total. The quantitative estimate of drug-likeness (QED) is 0.673. The maximum atomic E-state index is 5.80. The number of hydrogen-bond acceptors (Lipinski definition) is 5. The van der Waals surface area contributed by atoms with Crippen molar-refractivity contribution in [2.75, 3.05) is 13.2 Å². The molecule has 20 heavy (non-hydrogen) atoms. The number of aromatic nitrogens is 2. The Kier molecular flexibility index (Phi) is 3.99. The first-order valence-corrected chi connectivity index (χ1v) is 7.28. The first-order valence-electron chi connectivity index (χ1n) is 6.02. The molecular formula is C14H11ClN2O2S. The van der Waals surface area contributed by atoms with Gasteiger partial charge in [-0.25, -0.2) is 9.97 Å². The second-order valence-corrected chi connectivity index (χ2v) is 5.30. The van der Waals surface area contributed by atoms with Crippen LogP contribution in [0.25, 0.3) is 10.2 Å². The molecule has 0 unspecified atom stereocenters. The zero-order valence-corrected chi connectivity index (χ0v) is 12.0. The third-order valence-corrected chi connectivity index (χ3v) is 3.70. The van der Waals surface area contributed by atoms with Crippen molar-refractivity contribution >= 4 is 33.2 Å². The number of fused-ring (bicyclic) bond motifs is 1. The van der Waals surface area contributed by atoms with Crippen LogP contribution in [0.3, 0.4) is 0 Å². The standard InChI is InChI=1S/C14H11ClN2O2S/c15-10-1-3-11(4-2-10)18-6-7-19-13-12-5-8-20-14(12)17-9-16-13/h1-5,8-9H,6-7H2. The van der Waals surface area contributed by atoms with Crippen molar-refractivity contribution < 1.29 is 9.47 Å². The molecule has 3 rings (SSSR count). The van der Waals surface area contributed by atoms with Gasteiger partial charge < -0.3 is 9.47 Å². The van der Waals surface area contributed by atoms with Gasteiger partial charge in [0.25, 0.3) is 0 Å². The van der Waals surface area contributed by atoms with Crippen molar-refractivity contribution in [2.45, 2.75) is 0 Å². The highest BCUT2D eigenvalue weighted by atomic mass is 35.5. The molecule has 0 bridgehead atoms. The summed E-state index contributed by atoms with van der Waals surface area (Å²) >= 11 is 7.37. The number of thiophene rings is 1. The lowest BCUT2D eigenvalue weighted by Gasteiger charge is -2.08. The van der Waals surface area contributed by atoms with Gasteiger partial charge in [-0.1, -0.05) is 11.6 Å². The van der Waals surface area contributed by atoms with Crippen LogP contribution >= 0.6 is 22.9 Å². The van der Waals surface area contributed by atoms with Gasteiger partial charge in [0.1, 0.15) is 30.1 Å². The molecule has 0 atom stereocenters. The van der Waals surface area contributed by atoms with Gasteiger partial charge in [-0.15, -0.1) is 11.3 Å². The summed E-state index contributed by atoms with van der Waals surface area (Å²) in [6, 6.07) is 9.18. The van der Waals surface area contributed by atoms with E-state index in [0.717, 1.165) is 16.0 Å². The molecule has 0 radical (unpaired) electrons.